The number of benzene rings is 1. The first-order valence-electron chi connectivity index (χ1n) is 9.07. The van der Waals surface area contributed by atoms with E-state index >= 15 is 0 Å². The molecule has 0 spiro atoms. The van der Waals surface area contributed by atoms with Crippen LogP contribution in [-0.2, 0) is 16.9 Å². The number of amides is 1. The van der Waals surface area contributed by atoms with Crippen molar-refractivity contribution in [2.45, 2.75) is 51.9 Å². The maximum Gasteiger partial charge on any atom is 0.255 e. The van der Waals surface area contributed by atoms with Crippen LogP contribution in [0, 0.1) is 0 Å². The predicted molar refractivity (Wildman–Crippen MR) is 99.6 cm³/mol. The van der Waals surface area contributed by atoms with Crippen molar-refractivity contribution in [1.29, 1.82) is 0 Å². The fourth-order valence-electron chi connectivity index (χ4n) is 3.14. The minimum Gasteiger partial charge on any atom is -0.373 e. The lowest BCUT2D eigenvalue weighted by Crippen LogP contribution is -2.40. The Balaban J connectivity index is 1.50. The SMILES string of the molecule is CC(C)(C)n1ccc(C(=O)N2CCC(OCc3ccccc3)CC2)c1. The minimum absolute atomic E-state index is 0.00317. The Morgan fingerprint density at radius 1 is 1.12 bits per heavy atom. The van der Waals surface area contributed by atoms with Crippen LogP contribution >= 0.6 is 0 Å². The molecule has 1 aliphatic heterocycles. The topological polar surface area (TPSA) is 34.5 Å². The summed E-state index contributed by atoms with van der Waals surface area (Å²) < 4.78 is 8.10. The lowest BCUT2D eigenvalue weighted by atomic mass is 10.1. The molecule has 1 saturated heterocycles. The minimum atomic E-state index is -0.00317. The molecule has 0 radical (unpaired) electrons. The summed E-state index contributed by atoms with van der Waals surface area (Å²) in [5.74, 6) is 0.129. The molecular weight excluding hydrogens is 312 g/mol. The lowest BCUT2D eigenvalue weighted by molar-refractivity contribution is -0.000380. The molecule has 2 aromatic rings. The fourth-order valence-corrected chi connectivity index (χ4v) is 3.14. The van der Waals surface area contributed by atoms with Crippen LogP contribution in [0.4, 0.5) is 0 Å². The van der Waals surface area contributed by atoms with Crippen LogP contribution in [0.2, 0.25) is 0 Å². The third-order valence-electron chi connectivity index (χ3n) is 4.77. The quantitative estimate of drug-likeness (QED) is 0.841. The second-order valence-corrected chi connectivity index (χ2v) is 7.77. The van der Waals surface area contributed by atoms with Gasteiger partial charge in [-0.3, -0.25) is 4.79 Å². The van der Waals surface area contributed by atoms with E-state index in [4.69, 9.17) is 4.74 Å². The van der Waals surface area contributed by atoms with E-state index in [-0.39, 0.29) is 17.6 Å². The molecular formula is C21H28N2O2. The fraction of sp³-hybridized carbons (Fsp3) is 0.476. The van der Waals surface area contributed by atoms with Gasteiger partial charge < -0.3 is 14.2 Å². The molecule has 25 heavy (non-hydrogen) atoms. The van der Waals surface area contributed by atoms with Crippen LogP contribution in [0.3, 0.4) is 0 Å². The Morgan fingerprint density at radius 3 is 2.40 bits per heavy atom. The van der Waals surface area contributed by atoms with Gasteiger partial charge in [-0.25, -0.2) is 0 Å². The molecule has 4 heteroatoms. The number of hydrogen-bond donors (Lipinski definition) is 0. The molecule has 0 N–H and O–H groups in total. The van der Waals surface area contributed by atoms with Crippen molar-refractivity contribution in [3.63, 3.8) is 0 Å². The third-order valence-corrected chi connectivity index (χ3v) is 4.77. The Labute approximate surface area is 150 Å². The summed E-state index contributed by atoms with van der Waals surface area (Å²) in [6.07, 6.45) is 5.99. The maximum atomic E-state index is 12.7. The molecule has 0 aliphatic carbocycles. The number of carbonyl (C=O) groups is 1. The van der Waals surface area contributed by atoms with Crippen LogP contribution in [0.1, 0.15) is 49.5 Å². The first-order valence-corrected chi connectivity index (χ1v) is 9.07. The van der Waals surface area contributed by atoms with E-state index in [2.05, 4.69) is 37.5 Å². The molecule has 0 saturated carbocycles. The summed E-state index contributed by atoms with van der Waals surface area (Å²) in [6.45, 7) is 8.58. The van der Waals surface area contributed by atoms with Gasteiger partial charge in [-0.05, 0) is 45.2 Å². The first kappa shape index (κ1) is 17.7. The standard InChI is InChI=1S/C21H28N2O2/c1-21(2,3)23-14-9-18(15-23)20(24)22-12-10-19(11-13-22)25-16-17-7-5-4-6-8-17/h4-9,14-15,19H,10-13,16H2,1-3H3. The van der Waals surface area contributed by atoms with E-state index in [0.717, 1.165) is 31.5 Å². The number of piperidine rings is 1. The van der Waals surface area contributed by atoms with E-state index in [9.17, 15) is 4.79 Å². The molecule has 1 aliphatic rings. The third kappa shape index (κ3) is 4.51. The second-order valence-electron chi connectivity index (χ2n) is 7.77. The molecule has 1 aromatic heterocycles. The number of hydrogen-bond acceptors (Lipinski definition) is 2. The van der Waals surface area contributed by atoms with Crippen molar-refractivity contribution in [3.05, 3.63) is 59.9 Å². The normalized spacial score (nSPS) is 16.2. The van der Waals surface area contributed by atoms with Gasteiger partial charge in [0.05, 0.1) is 18.3 Å². The predicted octanol–water partition coefficient (Wildman–Crippen LogP) is 4.06. The van der Waals surface area contributed by atoms with Gasteiger partial charge in [0.15, 0.2) is 0 Å². The van der Waals surface area contributed by atoms with Crippen LogP contribution in [-0.4, -0.2) is 34.6 Å². The van der Waals surface area contributed by atoms with Crippen LogP contribution in [0.25, 0.3) is 0 Å². The second kappa shape index (κ2) is 7.44. The number of nitrogens with zero attached hydrogens (tertiary/aromatic N) is 2. The highest BCUT2D eigenvalue weighted by molar-refractivity contribution is 5.94. The van der Waals surface area contributed by atoms with E-state index in [1.165, 1.54) is 5.56 Å². The van der Waals surface area contributed by atoms with Crippen LogP contribution in [0.15, 0.2) is 48.8 Å². The van der Waals surface area contributed by atoms with Crippen LogP contribution < -0.4 is 0 Å². The van der Waals surface area contributed by atoms with Crippen molar-refractivity contribution in [1.82, 2.24) is 9.47 Å². The summed E-state index contributed by atoms with van der Waals surface area (Å²) in [4.78, 5) is 14.6. The van der Waals surface area contributed by atoms with Crippen molar-refractivity contribution >= 4 is 5.91 Å². The number of rotatable bonds is 4. The van der Waals surface area contributed by atoms with Gasteiger partial charge in [-0.1, -0.05) is 30.3 Å². The van der Waals surface area contributed by atoms with E-state index in [1.54, 1.807) is 0 Å². The molecule has 1 amide bonds. The molecule has 0 unspecified atom stereocenters. The van der Waals surface area contributed by atoms with E-state index in [0.29, 0.717) is 6.61 Å². The van der Waals surface area contributed by atoms with Gasteiger partial charge in [0.2, 0.25) is 0 Å². The maximum absolute atomic E-state index is 12.7. The molecule has 3 rings (SSSR count). The average Bonchev–Trinajstić information content (AvgIpc) is 3.11. The molecule has 2 heterocycles. The zero-order valence-corrected chi connectivity index (χ0v) is 15.4. The average molecular weight is 340 g/mol. The molecule has 1 aromatic carbocycles. The summed E-state index contributed by atoms with van der Waals surface area (Å²) >= 11 is 0. The van der Waals surface area contributed by atoms with Crippen LogP contribution in [0.5, 0.6) is 0 Å². The lowest BCUT2D eigenvalue weighted by Gasteiger charge is -2.32. The van der Waals surface area contributed by atoms with Gasteiger partial charge in [0.25, 0.3) is 5.91 Å². The largest absolute Gasteiger partial charge is 0.373 e. The Bertz CT molecular complexity index is 692. The highest BCUT2D eigenvalue weighted by Crippen LogP contribution is 2.20. The number of likely N-dealkylation sites (tertiary alicyclic amines) is 1. The van der Waals surface area contributed by atoms with E-state index in [1.807, 2.05) is 41.6 Å². The van der Waals surface area contributed by atoms with Crippen molar-refractivity contribution in [3.8, 4) is 0 Å². The Hall–Kier alpha value is -2.07. The summed E-state index contributed by atoms with van der Waals surface area (Å²) in [5, 5.41) is 0. The summed E-state index contributed by atoms with van der Waals surface area (Å²) in [7, 11) is 0. The monoisotopic (exact) mass is 340 g/mol. The summed E-state index contributed by atoms with van der Waals surface area (Å²) in [6, 6.07) is 12.2. The van der Waals surface area contributed by atoms with Crippen molar-refractivity contribution in [2.75, 3.05) is 13.1 Å². The molecule has 1 fully saturated rings. The molecule has 134 valence electrons. The highest BCUT2D eigenvalue weighted by atomic mass is 16.5. The molecule has 0 bridgehead atoms. The molecule has 0 atom stereocenters. The van der Waals surface area contributed by atoms with Crippen molar-refractivity contribution < 1.29 is 9.53 Å². The zero-order valence-electron chi connectivity index (χ0n) is 15.4. The van der Waals surface area contributed by atoms with Gasteiger partial charge in [0, 0.05) is 31.0 Å². The molecule has 4 nitrogen and oxygen atoms in total. The highest BCUT2D eigenvalue weighted by Gasteiger charge is 2.25. The van der Waals surface area contributed by atoms with Gasteiger partial charge in [-0.2, -0.15) is 0 Å². The van der Waals surface area contributed by atoms with E-state index < -0.39 is 0 Å². The number of carbonyl (C=O) groups excluding carboxylic acids is 1. The van der Waals surface area contributed by atoms with Crippen molar-refractivity contribution in [2.24, 2.45) is 0 Å². The zero-order chi connectivity index (χ0) is 17.9. The van der Waals surface area contributed by atoms with Gasteiger partial charge in [0.1, 0.15) is 0 Å². The van der Waals surface area contributed by atoms with Gasteiger partial charge in [-0.15, -0.1) is 0 Å². The number of aromatic nitrogens is 1. The smallest absolute Gasteiger partial charge is 0.255 e. The first-order chi connectivity index (χ1) is 11.9. The Kier molecular flexibility index (Phi) is 5.28. The van der Waals surface area contributed by atoms with Gasteiger partial charge >= 0.3 is 0 Å². The number of ether oxygens (including phenoxy) is 1. The summed E-state index contributed by atoms with van der Waals surface area (Å²) in [5.41, 5.74) is 1.97. The Morgan fingerprint density at radius 2 is 1.80 bits per heavy atom.